The lowest BCUT2D eigenvalue weighted by molar-refractivity contribution is -0.128. The van der Waals surface area contributed by atoms with Crippen LogP contribution in [0.3, 0.4) is 0 Å². The molecule has 6 heteroatoms. The molecule has 23 heavy (non-hydrogen) atoms. The zero-order valence-corrected chi connectivity index (χ0v) is 15.9. The van der Waals surface area contributed by atoms with Crippen molar-refractivity contribution in [2.24, 2.45) is 23.5 Å². The van der Waals surface area contributed by atoms with E-state index in [4.69, 9.17) is 17.3 Å². The highest BCUT2D eigenvalue weighted by Gasteiger charge is 2.40. The first kappa shape index (κ1) is 19.0. The molecule has 0 radical (unpaired) electrons. The smallest absolute Gasteiger partial charge is 0.223 e. The predicted molar refractivity (Wildman–Crippen MR) is 99.3 cm³/mol. The number of hydrogen-bond acceptors (Lipinski definition) is 3. The largest absolute Gasteiger partial charge is 0.348 e. The van der Waals surface area contributed by atoms with Gasteiger partial charge in [0, 0.05) is 16.8 Å². The van der Waals surface area contributed by atoms with Gasteiger partial charge in [-0.1, -0.05) is 24.9 Å². The number of thiophene rings is 1. The van der Waals surface area contributed by atoms with Crippen molar-refractivity contribution in [3.8, 4) is 0 Å². The van der Waals surface area contributed by atoms with Crippen molar-refractivity contribution >= 4 is 41.3 Å². The molecule has 1 amide bonds. The Morgan fingerprint density at radius 2 is 2.04 bits per heavy atom. The van der Waals surface area contributed by atoms with Crippen LogP contribution in [-0.2, 0) is 4.79 Å². The van der Waals surface area contributed by atoms with Gasteiger partial charge in [0.15, 0.2) is 0 Å². The molecule has 0 aliphatic heterocycles. The highest BCUT2D eigenvalue weighted by atomic mass is 35.5. The summed E-state index contributed by atoms with van der Waals surface area (Å²) in [6.45, 7) is 2.10. The minimum atomic E-state index is 0. The Morgan fingerprint density at radius 1 is 1.39 bits per heavy atom. The minimum Gasteiger partial charge on any atom is -0.348 e. The molecule has 1 aromatic rings. The molecule has 3 nitrogen and oxygen atoms in total. The molecular formula is C17H26Cl2N2OS. The number of carbonyl (C=O) groups is 1. The lowest BCUT2D eigenvalue weighted by Gasteiger charge is -2.43. The lowest BCUT2D eigenvalue weighted by Crippen LogP contribution is -2.49. The van der Waals surface area contributed by atoms with E-state index >= 15 is 0 Å². The zero-order valence-electron chi connectivity index (χ0n) is 13.5. The Hall–Kier alpha value is -0.290. The number of rotatable bonds is 4. The van der Waals surface area contributed by atoms with Gasteiger partial charge in [-0.2, -0.15) is 0 Å². The molecule has 2 saturated carbocycles. The lowest BCUT2D eigenvalue weighted by atomic mass is 9.65. The summed E-state index contributed by atoms with van der Waals surface area (Å²) >= 11 is 7.58. The molecule has 3 atom stereocenters. The molecule has 3 unspecified atom stereocenters. The highest BCUT2D eigenvalue weighted by Crippen LogP contribution is 2.42. The second kappa shape index (κ2) is 8.19. The molecule has 3 N–H and O–H groups in total. The monoisotopic (exact) mass is 376 g/mol. The molecule has 1 aromatic heterocycles. The number of nitrogens with two attached hydrogens (primary N) is 1. The van der Waals surface area contributed by atoms with Crippen LogP contribution in [0.4, 0.5) is 0 Å². The Bertz CT molecular complexity index is 522. The molecule has 130 valence electrons. The molecule has 2 bridgehead atoms. The summed E-state index contributed by atoms with van der Waals surface area (Å²) in [6, 6.07) is 4.32. The minimum absolute atomic E-state index is 0. The number of carbonyl (C=O) groups excluding carboxylic acids is 1. The van der Waals surface area contributed by atoms with Gasteiger partial charge < -0.3 is 11.1 Å². The standard InChI is InChI=1S/C17H25ClN2OS.ClH/c1-2-13(14-6-7-15(18)22-14)20-17(21)12-8-10-4-3-5-11(9-12)16(10)19;/h6-7,10-13,16H,2-5,8-9,19H2,1H3,(H,20,21);1H. The maximum absolute atomic E-state index is 12.7. The van der Waals surface area contributed by atoms with Crippen LogP contribution in [0.5, 0.6) is 0 Å². The summed E-state index contributed by atoms with van der Waals surface area (Å²) in [7, 11) is 0. The first-order chi connectivity index (χ1) is 10.6. The summed E-state index contributed by atoms with van der Waals surface area (Å²) < 4.78 is 0.779. The van der Waals surface area contributed by atoms with E-state index in [1.807, 2.05) is 12.1 Å². The van der Waals surface area contributed by atoms with Gasteiger partial charge in [-0.3, -0.25) is 4.79 Å². The summed E-state index contributed by atoms with van der Waals surface area (Å²) in [5, 5.41) is 3.24. The van der Waals surface area contributed by atoms with E-state index in [1.165, 1.54) is 19.3 Å². The molecule has 3 rings (SSSR count). The maximum atomic E-state index is 12.7. The molecular weight excluding hydrogens is 351 g/mol. The van der Waals surface area contributed by atoms with Crippen molar-refractivity contribution in [1.82, 2.24) is 5.32 Å². The first-order valence-corrected chi connectivity index (χ1v) is 9.59. The quantitative estimate of drug-likeness (QED) is 0.809. The van der Waals surface area contributed by atoms with Crippen LogP contribution in [0.15, 0.2) is 12.1 Å². The molecule has 0 spiro atoms. The third kappa shape index (κ3) is 4.22. The SMILES string of the molecule is CCC(NC(=O)C1CC2CCCC(C1)C2N)c1ccc(Cl)s1.Cl. The summed E-state index contributed by atoms with van der Waals surface area (Å²) in [5.41, 5.74) is 6.32. The second-order valence-corrected chi connectivity index (χ2v) is 8.55. The van der Waals surface area contributed by atoms with Gasteiger partial charge in [0.05, 0.1) is 10.4 Å². The zero-order chi connectivity index (χ0) is 15.7. The number of halogens is 2. The molecule has 1 heterocycles. The van der Waals surface area contributed by atoms with E-state index in [1.54, 1.807) is 11.3 Å². The van der Waals surface area contributed by atoms with Crippen molar-refractivity contribution in [3.05, 3.63) is 21.3 Å². The van der Waals surface area contributed by atoms with Gasteiger partial charge >= 0.3 is 0 Å². The fourth-order valence-electron chi connectivity index (χ4n) is 4.18. The van der Waals surface area contributed by atoms with Gasteiger partial charge in [-0.15, -0.1) is 23.7 Å². The number of nitrogens with one attached hydrogen (secondary N) is 1. The van der Waals surface area contributed by atoms with Crippen molar-refractivity contribution in [1.29, 1.82) is 0 Å². The molecule has 2 fully saturated rings. The van der Waals surface area contributed by atoms with Crippen molar-refractivity contribution in [2.45, 2.75) is 57.5 Å². The predicted octanol–water partition coefficient (Wildman–Crippen LogP) is 4.54. The first-order valence-electron chi connectivity index (χ1n) is 8.39. The van der Waals surface area contributed by atoms with Gasteiger partial charge in [0.2, 0.25) is 5.91 Å². The van der Waals surface area contributed by atoms with Crippen LogP contribution in [-0.4, -0.2) is 11.9 Å². The third-order valence-corrected chi connectivity index (χ3v) is 6.79. The van der Waals surface area contributed by atoms with E-state index in [2.05, 4.69) is 12.2 Å². The summed E-state index contributed by atoms with van der Waals surface area (Å²) in [4.78, 5) is 13.9. The maximum Gasteiger partial charge on any atom is 0.223 e. The Kier molecular flexibility index (Phi) is 6.78. The normalized spacial score (nSPS) is 31.1. The van der Waals surface area contributed by atoms with Crippen LogP contribution in [0.25, 0.3) is 0 Å². The summed E-state index contributed by atoms with van der Waals surface area (Å²) in [6.07, 6.45) is 6.49. The van der Waals surface area contributed by atoms with Crippen LogP contribution in [0.2, 0.25) is 4.34 Å². The fourth-order valence-corrected chi connectivity index (χ4v) is 5.38. The van der Waals surface area contributed by atoms with Crippen molar-refractivity contribution in [3.63, 3.8) is 0 Å². The van der Waals surface area contributed by atoms with Gasteiger partial charge in [0.25, 0.3) is 0 Å². The van der Waals surface area contributed by atoms with E-state index in [0.717, 1.165) is 28.5 Å². The van der Waals surface area contributed by atoms with E-state index in [9.17, 15) is 4.79 Å². The average Bonchev–Trinajstić information content (AvgIpc) is 2.90. The molecule has 2 aliphatic rings. The van der Waals surface area contributed by atoms with E-state index < -0.39 is 0 Å². The Labute approximate surface area is 153 Å². The Balaban J connectivity index is 0.00000192. The van der Waals surface area contributed by atoms with Crippen LogP contribution in [0, 0.1) is 17.8 Å². The summed E-state index contributed by atoms with van der Waals surface area (Å²) in [5.74, 6) is 1.43. The van der Waals surface area contributed by atoms with Crippen LogP contribution >= 0.6 is 35.3 Å². The fraction of sp³-hybridized carbons (Fsp3) is 0.706. The van der Waals surface area contributed by atoms with Crippen molar-refractivity contribution < 1.29 is 4.79 Å². The number of hydrogen-bond donors (Lipinski definition) is 2. The number of amides is 1. The van der Waals surface area contributed by atoms with Gasteiger partial charge in [-0.25, -0.2) is 0 Å². The van der Waals surface area contributed by atoms with Crippen molar-refractivity contribution in [2.75, 3.05) is 0 Å². The number of fused-ring (bicyclic) bond motifs is 2. The average molecular weight is 377 g/mol. The van der Waals surface area contributed by atoms with Crippen LogP contribution < -0.4 is 11.1 Å². The second-order valence-electron chi connectivity index (χ2n) is 6.81. The molecule has 2 aliphatic carbocycles. The molecule has 0 saturated heterocycles. The van der Waals surface area contributed by atoms with E-state index in [0.29, 0.717) is 17.9 Å². The Morgan fingerprint density at radius 3 is 2.57 bits per heavy atom. The van der Waals surface area contributed by atoms with E-state index in [-0.39, 0.29) is 30.3 Å². The molecule has 0 aromatic carbocycles. The van der Waals surface area contributed by atoms with Gasteiger partial charge in [-0.05, 0) is 56.1 Å². The third-order valence-electron chi connectivity index (χ3n) is 5.45. The van der Waals surface area contributed by atoms with Gasteiger partial charge in [0.1, 0.15) is 0 Å². The topological polar surface area (TPSA) is 55.1 Å². The highest BCUT2D eigenvalue weighted by molar-refractivity contribution is 7.16. The van der Waals surface area contributed by atoms with Crippen LogP contribution in [0.1, 0.15) is 56.4 Å².